The first kappa shape index (κ1) is 68.4. The third kappa shape index (κ3) is 38.5. The van der Waals surface area contributed by atoms with Gasteiger partial charge in [0.1, 0.15) is 30.9 Å². The number of hydrogen-bond acceptors (Lipinski definition) is 12. The summed E-state index contributed by atoms with van der Waals surface area (Å²) >= 11 is 0. The molecule has 1 heterocycles. The minimum atomic E-state index is -4.88. The van der Waals surface area contributed by atoms with E-state index in [4.69, 9.17) is 18.9 Å². The number of carboxylic acid groups (broad SMARTS) is 1. The summed E-state index contributed by atoms with van der Waals surface area (Å²) in [6.45, 7) is 4.92. The van der Waals surface area contributed by atoms with Crippen molar-refractivity contribution in [1.29, 1.82) is 0 Å². The van der Waals surface area contributed by atoms with Crippen molar-refractivity contribution in [2.45, 2.75) is 301 Å². The third-order valence-electron chi connectivity index (χ3n) is 13.5. The second kappa shape index (κ2) is 45.5. The molecule has 73 heavy (non-hydrogen) atoms. The SMILES string of the molecule is CCCCCCCCCCCCCC(=O)NC(CCC(=O)O)C(=O)OC[C@H]1O[C@H](OCCOP(=O)(O)O)[C@H](NC(=O)CCCCCCCCCCCCC)[C@@H](OC(=O)CCCCCCCCCCCCC)[C@@H]1O. The number of aliphatic hydroxyl groups excluding tert-OH is 1. The summed E-state index contributed by atoms with van der Waals surface area (Å²) in [6, 6.07) is -2.62. The van der Waals surface area contributed by atoms with E-state index in [9.17, 15) is 48.5 Å². The minimum Gasteiger partial charge on any atom is -0.481 e. The van der Waals surface area contributed by atoms with Gasteiger partial charge in [0.15, 0.2) is 12.4 Å². The molecule has 0 spiro atoms. The number of amides is 2. The Kier molecular flexibility index (Phi) is 42.6. The first-order valence-corrected chi connectivity index (χ1v) is 30.6. The van der Waals surface area contributed by atoms with Gasteiger partial charge in [-0.1, -0.05) is 213 Å². The Morgan fingerprint density at radius 3 is 1.40 bits per heavy atom. The number of nitrogens with one attached hydrogen (secondary N) is 2. The van der Waals surface area contributed by atoms with Crippen molar-refractivity contribution in [1.82, 2.24) is 10.6 Å². The van der Waals surface area contributed by atoms with Gasteiger partial charge < -0.3 is 49.6 Å². The van der Waals surface area contributed by atoms with Gasteiger partial charge in [0.05, 0.1) is 13.2 Å². The van der Waals surface area contributed by atoms with Crippen molar-refractivity contribution < 1.29 is 72.0 Å². The highest BCUT2D eigenvalue weighted by atomic mass is 31.2. The van der Waals surface area contributed by atoms with Crippen molar-refractivity contribution in [3.63, 3.8) is 0 Å². The van der Waals surface area contributed by atoms with Crippen molar-refractivity contribution in [2.75, 3.05) is 19.8 Å². The Balaban J connectivity index is 3.08. The van der Waals surface area contributed by atoms with Crippen LogP contribution in [0.3, 0.4) is 0 Å². The van der Waals surface area contributed by atoms with Crippen LogP contribution in [-0.4, -0.2) is 106 Å². The molecule has 0 aromatic heterocycles. The number of phosphoric ester groups is 1. The van der Waals surface area contributed by atoms with Crippen LogP contribution >= 0.6 is 7.82 Å². The Morgan fingerprint density at radius 2 is 0.973 bits per heavy atom. The van der Waals surface area contributed by atoms with Crippen molar-refractivity contribution >= 4 is 37.5 Å². The maximum Gasteiger partial charge on any atom is 0.469 e. The monoisotopic (exact) mass is 1060 g/mol. The summed E-state index contributed by atoms with van der Waals surface area (Å²) in [7, 11) is -4.88. The van der Waals surface area contributed by atoms with E-state index in [0.29, 0.717) is 19.3 Å². The fourth-order valence-corrected chi connectivity index (χ4v) is 9.47. The van der Waals surface area contributed by atoms with Crippen LogP contribution < -0.4 is 10.6 Å². The molecular formula is C55H103N2O15P. The molecule has 1 fully saturated rings. The van der Waals surface area contributed by atoms with Gasteiger partial charge >= 0.3 is 25.7 Å². The number of hydrogen-bond donors (Lipinski definition) is 6. The van der Waals surface area contributed by atoms with Gasteiger partial charge in [-0.05, 0) is 25.7 Å². The summed E-state index contributed by atoms with van der Waals surface area (Å²) in [4.78, 5) is 83.7. The molecule has 1 saturated heterocycles. The highest BCUT2D eigenvalue weighted by Crippen LogP contribution is 2.35. The van der Waals surface area contributed by atoms with Gasteiger partial charge in [-0.3, -0.25) is 23.7 Å². The minimum absolute atomic E-state index is 0.0337. The number of ether oxygens (including phenoxy) is 4. The molecule has 2 amide bonds. The van der Waals surface area contributed by atoms with Crippen LogP contribution in [0, 0.1) is 0 Å². The first-order chi connectivity index (χ1) is 35.2. The molecule has 0 aromatic rings. The number of esters is 2. The van der Waals surface area contributed by atoms with Crippen molar-refractivity contribution in [3.05, 3.63) is 0 Å². The zero-order valence-electron chi connectivity index (χ0n) is 45.7. The highest BCUT2D eigenvalue weighted by Gasteiger charge is 2.49. The van der Waals surface area contributed by atoms with E-state index in [0.717, 1.165) is 77.0 Å². The largest absolute Gasteiger partial charge is 0.481 e. The molecule has 6 N–H and O–H groups in total. The van der Waals surface area contributed by atoms with E-state index >= 15 is 0 Å². The number of rotatable bonds is 50. The van der Waals surface area contributed by atoms with E-state index in [-0.39, 0.29) is 25.7 Å². The molecule has 0 bridgehead atoms. The Hall–Kier alpha value is -2.66. The Morgan fingerprint density at radius 1 is 0.562 bits per heavy atom. The van der Waals surface area contributed by atoms with Crippen LogP contribution in [-0.2, 0) is 52.0 Å². The van der Waals surface area contributed by atoms with Gasteiger partial charge in [0.2, 0.25) is 11.8 Å². The quantitative estimate of drug-likeness (QED) is 0.0188. The van der Waals surface area contributed by atoms with Crippen LogP contribution in [0.25, 0.3) is 0 Å². The van der Waals surface area contributed by atoms with Gasteiger partial charge in [0.25, 0.3) is 0 Å². The number of carbonyl (C=O) groups excluding carboxylic acids is 4. The number of aliphatic hydroxyl groups is 1. The van der Waals surface area contributed by atoms with Gasteiger partial charge in [0, 0.05) is 25.7 Å². The van der Waals surface area contributed by atoms with Crippen LogP contribution in [0.4, 0.5) is 0 Å². The number of aliphatic carboxylic acids is 1. The molecule has 1 unspecified atom stereocenters. The number of unbranched alkanes of at least 4 members (excludes halogenated alkanes) is 30. The summed E-state index contributed by atoms with van der Waals surface area (Å²) in [6.07, 6.45) is 29.5. The topological polar surface area (TPSA) is 254 Å². The lowest BCUT2D eigenvalue weighted by Crippen LogP contribution is -2.66. The van der Waals surface area contributed by atoms with Crippen molar-refractivity contribution in [3.8, 4) is 0 Å². The maximum absolute atomic E-state index is 13.6. The molecule has 0 radical (unpaired) electrons. The second-order valence-corrected chi connectivity index (χ2v) is 21.6. The predicted octanol–water partition coefficient (Wildman–Crippen LogP) is 11.6. The van der Waals surface area contributed by atoms with Gasteiger partial charge in [-0.2, -0.15) is 0 Å². The fourth-order valence-electron chi connectivity index (χ4n) is 9.16. The fraction of sp³-hybridized carbons (Fsp3) is 0.909. The molecule has 1 aliphatic rings. The van der Waals surface area contributed by atoms with Crippen LogP contribution in [0.1, 0.15) is 265 Å². The standard InChI is InChI=1S/C55H103N2O15P/c1-4-7-10-13-16-19-22-25-28-31-34-37-47(58)56-45(40-41-49(60)61)54(64)69-44-46-52(63)53(72-50(62)39-36-33-30-27-24-21-18-15-12-9-6-3)51(55(71-46)68-42-43-70-73(65,66)67)57-48(59)38-35-32-29-26-23-20-17-14-11-8-5-2/h45-46,51-53,55,63H,4-44H2,1-3H3,(H,56,58)(H,57,59)(H,60,61)(H2,65,66,67)/t45?,46-,51-,52-,53-,55+/m1/s1. The van der Waals surface area contributed by atoms with Crippen molar-refractivity contribution in [2.24, 2.45) is 0 Å². The lowest BCUT2D eigenvalue weighted by atomic mass is 9.96. The molecule has 428 valence electrons. The van der Waals surface area contributed by atoms with Gasteiger partial charge in [-0.15, -0.1) is 0 Å². The molecule has 6 atom stereocenters. The average molecular weight is 1060 g/mol. The molecule has 0 saturated carbocycles. The van der Waals surface area contributed by atoms with E-state index in [1.54, 1.807) is 0 Å². The van der Waals surface area contributed by atoms with Crippen LogP contribution in [0.2, 0.25) is 0 Å². The summed E-state index contributed by atoms with van der Waals surface area (Å²) < 4.78 is 39.5. The van der Waals surface area contributed by atoms with Gasteiger partial charge in [-0.25, -0.2) is 9.36 Å². The molecule has 18 heteroatoms. The second-order valence-electron chi connectivity index (χ2n) is 20.3. The smallest absolute Gasteiger partial charge is 0.469 e. The summed E-state index contributed by atoms with van der Waals surface area (Å²) in [5.74, 6) is -3.64. The molecular weight excluding hydrogens is 960 g/mol. The lowest BCUT2D eigenvalue weighted by Gasteiger charge is -2.44. The maximum atomic E-state index is 13.6. The van der Waals surface area contributed by atoms with E-state index in [2.05, 4.69) is 35.9 Å². The molecule has 0 aliphatic carbocycles. The Bertz CT molecular complexity index is 1470. The summed E-state index contributed by atoms with van der Waals surface area (Å²) in [5, 5.41) is 26.7. The first-order valence-electron chi connectivity index (χ1n) is 29.0. The normalized spacial score (nSPS) is 18.3. The zero-order valence-corrected chi connectivity index (χ0v) is 46.6. The average Bonchev–Trinajstić information content (AvgIpc) is 3.35. The number of carbonyl (C=O) groups is 5. The van der Waals surface area contributed by atoms with E-state index < -0.39 is 100 Å². The molecule has 1 aliphatic heterocycles. The Labute approximate surface area is 440 Å². The number of phosphoric acid groups is 1. The highest BCUT2D eigenvalue weighted by molar-refractivity contribution is 7.46. The number of carboxylic acids is 1. The van der Waals surface area contributed by atoms with E-state index in [1.807, 2.05) is 0 Å². The zero-order chi connectivity index (χ0) is 53.8. The third-order valence-corrected chi connectivity index (χ3v) is 14.1. The molecule has 1 rings (SSSR count). The summed E-state index contributed by atoms with van der Waals surface area (Å²) in [5.41, 5.74) is 0. The molecule has 17 nitrogen and oxygen atoms in total. The molecule has 0 aromatic carbocycles. The lowest BCUT2D eigenvalue weighted by molar-refractivity contribution is -0.276. The van der Waals surface area contributed by atoms with E-state index in [1.165, 1.54) is 116 Å². The van der Waals surface area contributed by atoms with Crippen LogP contribution in [0.5, 0.6) is 0 Å². The van der Waals surface area contributed by atoms with Crippen LogP contribution in [0.15, 0.2) is 0 Å². The predicted molar refractivity (Wildman–Crippen MR) is 283 cm³/mol.